The van der Waals surface area contributed by atoms with Gasteiger partial charge in [0.05, 0.1) is 18.4 Å². The molecule has 0 saturated heterocycles. The van der Waals surface area contributed by atoms with Crippen molar-refractivity contribution >= 4 is 29.9 Å². The summed E-state index contributed by atoms with van der Waals surface area (Å²) in [6.45, 7) is 1.30. The monoisotopic (exact) mass is 419 g/mol. The molecule has 0 heterocycles. The van der Waals surface area contributed by atoms with Crippen molar-refractivity contribution in [2.45, 2.75) is 19.3 Å². The molecule has 0 aliphatic rings. The van der Waals surface area contributed by atoms with Gasteiger partial charge in [-0.15, -0.1) is 12.4 Å². The number of carbonyl (C=O) groups excluding carboxylic acids is 2. The number of nitrogens with zero attached hydrogens (tertiary/aromatic N) is 1. The van der Waals surface area contributed by atoms with Crippen molar-refractivity contribution in [3.8, 4) is 5.75 Å². The lowest BCUT2D eigenvalue weighted by Crippen LogP contribution is -2.31. The molecule has 0 saturated carbocycles. The zero-order chi connectivity index (χ0) is 20.4. The van der Waals surface area contributed by atoms with Gasteiger partial charge in [0.2, 0.25) is 5.91 Å². The molecule has 2 amide bonds. The second kappa shape index (κ2) is 12.8. The van der Waals surface area contributed by atoms with Crippen molar-refractivity contribution in [2.24, 2.45) is 0 Å². The Kier molecular flexibility index (Phi) is 10.8. The van der Waals surface area contributed by atoms with Gasteiger partial charge in [-0.1, -0.05) is 24.3 Å². The van der Waals surface area contributed by atoms with Crippen LogP contribution in [0.5, 0.6) is 5.75 Å². The summed E-state index contributed by atoms with van der Waals surface area (Å²) in [6.07, 6.45) is 1.91. The lowest BCUT2D eigenvalue weighted by Gasteiger charge is -2.20. The van der Waals surface area contributed by atoms with E-state index in [4.69, 9.17) is 4.74 Å². The van der Waals surface area contributed by atoms with Crippen molar-refractivity contribution in [3.05, 3.63) is 59.7 Å². The van der Waals surface area contributed by atoms with Gasteiger partial charge in [-0.2, -0.15) is 0 Å². The normalized spacial score (nSPS) is 10.0. The number of rotatable bonds is 10. The number of anilines is 1. The zero-order valence-electron chi connectivity index (χ0n) is 17.2. The largest absolute Gasteiger partial charge is 0.497 e. The molecular weight excluding hydrogens is 390 g/mol. The number of methoxy groups -OCH3 is 1. The summed E-state index contributed by atoms with van der Waals surface area (Å²) in [6, 6.07) is 15.0. The summed E-state index contributed by atoms with van der Waals surface area (Å²) < 4.78 is 5.15. The molecule has 0 aliphatic heterocycles. The van der Waals surface area contributed by atoms with E-state index in [0.29, 0.717) is 24.2 Å². The lowest BCUT2D eigenvalue weighted by atomic mass is 10.1. The molecule has 2 aromatic carbocycles. The number of ether oxygens (including phenoxy) is 1. The fourth-order valence-corrected chi connectivity index (χ4v) is 2.88. The van der Waals surface area contributed by atoms with Crippen LogP contribution in [0.3, 0.4) is 0 Å². The van der Waals surface area contributed by atoms with Crippen molar-refractivity contribution < 1.29 is 14.3 Å². The van der Waals surface area contributed by atoms with E-state index in [1.807, 2.05) is 37.4 Å². The highest BCUT2D eigenvalue weighted by Crippen LogP contribution is 2.20. The molecule has 0 spiro atoms. The van der Waals surface area contributed by atoms with E-state index in [2.05, 4.69) is 10.6 Å². The molecule has 2 rings (SSSR count). The third-order valence-electron chi connectivity index (χ3n) is 4.56. The second-order valence-electron chi connectivity index (χ2n) is 6.53. The van der Waals surface area contributed by atoms with E-state index < -0.39 is 0 Å². The molecule has 0 atom stereocenters. The first kappa shape index (κ1) is 24.5. The third kappa shape index (κ3) is 7.40. The van der Waals surface area contributed by atoms with Gasteiger partial charge in [-0.05, 0) is 56.3 Å². The van der Waals surface area contributed by atoms with Crippen LogP contribution in [-0.4, -0.2) is 46.1 Å². The molecule has 29 heavy (non-hydrogen) atoms. The molecule has 0 fully saturated rings. The van der Waals surface area contributed by atoms with E-state index in [-0.39, 0.29) is 24.2 Å². The van der Waals surface area contributed by atoms with Crippen LogP contribution in [0.2, 0.25) is 0 Å². The minimum Gasteiger partial charge on any atom is -0.497 e. The zero-order valence-corrected chi connectivity index (χ0v) is 18.1. The van der Waals surface area contributed by atoms with E-state index in [1.54, 1.807) is 37.3 Å². The van der Waals surface area contributed by atoms with Gasteiger partial charge in [0, 0.05) is 20.0 Å². The van der Waals surface area contributed by atoms with Gasteiger partial charge in [-0.3, -0.25) is 9.59 Å². The molecule has 2 aromatic rings. The Morgan fingerprint density at radius 3 is 2.38 bits per heavy atom. The Morgan fingerprint density at radius 1 is 1.03 bits per heavy atom. The van der Waals surface area contributed by atoms with E-state index in [1.165, 1.54) is 0 Å². The number of para-hydroxylation sites is 1. The van der Waals surface area contributed by atoms with Crippen molar-refractivity contribution in [3.63, 3.8) is 0 Å². The maximum atomic E-state index is 12.7. The summed E-state index contributed by atoms with van der Waals surface area (Å²) in [5.74, 6) is 0.622. The molecule has 6 nitrogen and oxygen atoms in total. The topological polar surface area (TPSA) is 70.7 Å². The van der Waals surface area contributed by atoms with Crippen LogP contribution in [0.15, 0.2) is 48.5 Å². The predicted molar refractivity (Wildman–Crippen MR) is 119 cm³/mol. The Balaban J connectivity index is 0.00000420. The molecule has 0 bridgehead atoms. The Labute approximate surface area is 179 Å². The van der Waals surface area contributed by atoms with Crippen LogP contribution >= 0.6 is 12.4 Å². The average molecular weight is 420 g/mol. The lowest BCUT2D eigenvalue weighted by molar-refractivity contribution is -0.118. The molecular formula is C22H30ClN3O3. The maximum absolute atomic E-state index is 12.7. The van der Waals surface area contributed by atoms with Crippen LogP contribution in [0, 0.1) is 0 Å². The molecule has 0 aliphatic carbocycles. The van der Waals surface area contributed by atoms with Gasteiger partial charge in [0.1, 0.15) is 5.75 Å². The molecule has 0 radical (unpaired) electrons. The summed E-state index contributed by atoms with van der Waals surface area (Å²) in [5.41, 5.74) is 2.24. The predicted octanol–water partition coefficient (Wildman–Crippen LogP) is 3.05. The summed E-state index contributed by atoms with van der Waals surface area (Å²) in [4.78, 5) is 26.6. The molecule has 158 valence electrons. The fourth-order valence-electron chi connectivity index (χ4n) is 2.88. The second-order valence-corrected chi connectivity index (χ2v) is 6.53. The van der Waals surface area contributed by atoms with Gasteiger partial charge in [-0.25, -0.2) is 0 Å². The molecule has 7 heteroatoms. The minimum atomic E-state index is -0.181. The van der Waals surface area contributed by atoms with Gasteiger partial charge < -0.3 is 20.3 Å². The Bertz CT molecular complexity index is 781. The summed E-state index contributed by atoms with van der Waals surface area (Å²) >= 11 is 0. The first-order valence-electron chi connectivity index (χ1n) is 9.48. The van der Waals surface area contributed by atoms with Gasteiger partial charge in [0.15, 0.2) is 0 Å². The Morgan fingerprint density at radius 2 is 1.72 bits per heavy atom. The van der Waals surface area contributed by atoms with Crippen LogP contribution in [0.1, 0.15) is 28.8 Å². The van der Waals surface area contributed by atoms with Crippen LogP contribution < -0.4 is 20.3 Å². The fraction of sp³-hybridized carbons (Fsp3) is 0.364. The summed E-state index contributed by atoms with van der Waals surface area (Å²) in [7, 11) is 5.21. The first-order chi connectivity index (χ1) is 13.6. The highest BCUT2D eigenvalue weighted by molar-refractivity contribution is 6.04. The van der Waals surface area contributed by atoms with Gasteiger partial charge >= 0.3 is 0 Å². The van der Waals surface area contributed by atoms with Crippen LogP contribution in [0.25, 0.3) is 0 Å². The van der Waals surface area contributed by atoms with Crippen LogP contribution in [-0.2, 0) is 11.2 Å². The number of carbonyl (C=O) groups is 2. The standard InChI is InChI=1S/C22H29N3O3.ClH/c1-23-15-6-9-21(26)25(2)20-8-5-4-7-19(20)22(27)24-16-14-17-10-12-18(28-3)13-11-17;/h4-5,7-8,10-13,23H,6,9,14-16H2,1-3H3,(H,24,27);1H. The van der Waals surface area contributed by atoms with Crippen molar-refractivity contribution in [2.75, 3.05) is 39.2 Å². The average Bonchev–Trinajstić information content (AvgIpc) is 2.73. The smallest absolute Gasteiger partial charge is 0.253 e. The number of hydrogen-bond acceptors (Lipinski definition) is 4. The quantitative estimate of drug-likeness (QED) is 0.580. The minimum absolute atomic E-state index is 0. The van der Waals surface area contributed by atoms with Gasteiger partial charge in [0.25, 0.3) is 5.91 Å². The molecule has 2 N–H and O–H groups in total. The number of hydrogen-bond donors (Lipinski definition) is 2. The van der Waals surface area contributed by atoms with Crippen molar-refractivity contribution in [1.82, 2.24) is 10.6 Å². The van der Waals surface area contributed by atoms with E-state index in [9.17, 15) is 9.59 Å². The number of amides is 2. The SMILES string of the molecule is CNCCCC(=O)N(C)c1ccccc1C(=O)NCCc1ccc(OC)cc1.Cl. The highest BCUT2D eigenvalue weighted by atomic mass is 35.5. The van der Waals surface area contributed by atoms with E-state index in [0.717, 1.165) is 30.7 Å². The van der Waals surface area contributed by atoms with Crippen LogP contribution in [0.4, 0.5) is 5.69 Å². The molecule has 0 aromatic heterocycles. The van der Waals surface area contributed by atoms with Crippen molar-refractivity contribution in [1.29, 1.82) is 0 Å². The highest BCUT2D eigenvalue weighted by Gasteiger charge is 2.17. The Hall–Kier alpha value is -2.57. The number of halogens is 1. The summed E-state index contributed by atoms with van der Waals surface area (Å²) in [5, 5.41) is 5.98. The molecule has 0 unspecified atom stereocenters. The number of benzene rings is 2. The first-order valence-corrected chi connectivity index (χ1v) is 9.48. The van der Waals surface area contributed by atoms with E-state index >= 15 is 0 Å². The maximum Gasteiger partial charge on any atom is 0.253 e. The number of nitrogens with one attached hydrogen (secondary N) is 2. The third-order valence-corrected chi connectivity index (χ3v) is 4.56.